The Morgan fingerprint density at radius 3 is 2.14 bits per heavy atom. The van der Waals surface area contributed by atoms with Crippen LogP contribution in [0.3, 0.4) is 0 Å². The zero-order chi connectivity index (χ0) is 15.3. The lowest BCUT2D eigenvalue weighted by atomic mass is 9.86. The minimum absolute atomic E-state index is 0.169. The molecule has 2 nitrogen and oxygen atoms in total. The minimum atomic E-state index is 0.169. The Balaban J connectivity index is 1.87. The van der Waals surface area contributed by atoms with Gasteiger partial charge in [0.15, 0.2) is 0 Å². The number of hydrogen-bond donors (Lipinski definition) is 1. The molecule has 0 amide bonds. The first kappa shape index (κ1) is 15.7. The highest BCUT2D eigenvalue weighted by Gasteiger charge is 2.14. The van der Waals surface area contributed by atoms with E-state index in [1.54, 1.807) is 0 Å². The molecule has 2 rings (SSSR count). The van der Waals surface area contributed by atoms with Gasteiger partial charge in [0.25, 0.3) is 0 Å². The Morgan fingerprint density at radius 2 is 1.57 bits per heavy atom. The van der Waals surface area contributed by atoms with Gasteiger partial charge in [0, 0.05) is 0 Å². The van der Waals surface area contributed by atoms with E-state index in [1.165, 1.54) is 16.7 Å². The molecular formula is C19H25NO. The van der Waals surface area contributed by atoms with E-state index < -0.39 is 0 Å². The molecule has 0 saturated carbocycles. The summed E-state index contributed by atoms with van der Waals surface area (Å²) in [6, 6.07) is 19.1. The Labute approximate surface area is 128 Å². The van der Waals surface area contributed by atoms with Crippen molar-refractivity contribution in [2.45, 2.75) is 45.8 Å². The predicted molar refractivity (Wildman–Crippen MR) is 87.9 cm³/mol. The lowest BCUT2D eigenvalue weighted by molar-refractivity contribution is 0.00698. The fourth-order valence-electron chi connectivity index (χ4n) is 2.16. The van der Waals surface area contributed by atoms with Crippen molar-refractivity contribution in [3.8, 4) is 0 Å². The third-order valence-electron chi connectivity index (χ3n) is 3.62. The molecule has 2 heteroatoms. The van der Waals surface area contributed by atoms with Gasteiger partial charge in [-0.1, -0.05) is 75.4 Å². The summed E-state index contributed by atoms with van der Waals surface area (Å²) in [7, 11) is 0. The molecule has 0 bridgehead atoms. The Morgan fingerprint density at radius 1 is 0.952 bits per heavy atom. The van der Waals surface area contributed by atoms with E-state index in [0.29, 0.717) is 6.61 Å². The molecule has 0 radical (unpaired) electrons. The smallest absolute Gasteiger partial charge is 0.0933 e. The zero-order valence-corrected chi connectivity index (χ0v) is 13.4. The van der Waals surface area contributed by atoms with Gasteiger partial charge in [-0.3, -0.25) is 4.84 Å². The van der Waals surface area contributed by atoms with Crippen LogP contribution in [0.2, 0.25) is 0 Å². The highest BCUT2D eigenvalue weighted by molar-refractivity contribution is 5.28. The van der Waals surface area contributed by atoms with Crippen LogP contribution in [0.15, 0.2) is 54.6 Å². The highest BCUT2D eigenvalue weighted by Crippen LogP contribution is 2.23. The first-order chi connectivity index (χ1) is 9.97. The maximum Gasteiger partial charge on any atom is 0.0933 e. The number of nitrogens with one attached hydrogen (secondary N) is 1. The molecule has 2 aromatic rings. The SMILES string of the molecule is CC(NOCc1ccccc1)c1ccc(C(C)(C)C)cc1. The molecule has 0 aromatic heterocycles. The molecule has 0 aliphatic carbocycles. The number of rotatable bonds is 5. The first-order valence-corrected chi connectivity index (χ1v) is 7.48. The second kappa shape index (κ2) is 6.88. The second-order valence-corrected chi connectivity index (χ2v) is 6.49. The summed E-state index contributed by atoms with van der Waals surface area (Å²) in [5.41, 5.74) is 7.05. The summed E-state index contributed by atoms with van der Waals surface area (Å²) < 4.78 is 0. The molecule has 112 valence electrons. The molecular weight excluding hydrogens is 258 g/mol. The van der Waals surface area contributed by atoms with Crippen LogP contribution in [-0.2, 0) is 16.9 Å². The first-order valence-electron chi connectivity index (χ1n) is 7.48. The third-order valence-corrected chi connectivity index (χ3v) is 3.62. The van der Waals surface area contributed by atoms with Crippen molar-refractivity contribution in [2.24, 2.45) is 0 Å². The molecule has 1 unspecified atom stereocenters. The normalized spacial score (nSPS) is 13.1. The molecule has 0 fully saturated rings. The average Bonchev–Trinajstić information content (AvgIpc) is 2.47. The Hall–Kier alpha value is -1.64. The van der Waals surface area contributed by atoms with Gasteiger partial charge in [-0.25, -0.2) is 0 Å². The minimum Gasteiger partial charge on any atom is -0.296 e. The van der Waals surface area contributed by atoms with Crippen LogP contribution in [0.1, 0.15) is 50.4 Å². The monoisotopic (exact) mass is 283 g/mol. The molecule has 1 atom stereocenters. The lowest BCUT2D eigenvalue weighted by Crippen LogP contribution is -2.19. The van der Waals surface area contributed by atoms with Crippen LogP contribution in [-0.4, -0.2) is 0 Å². The van der Waals surface area contributed by atoms with Crippen molar-refractivity contribution in [3.63, 3.8) is 0 Å². The van der Waals surface area contributed by atoms with Crippen molar-refractivity contribution in [2.75, 3.05) is 0 Å². The Kier molecular flexibility index (Phi) is 5.16. The van der Waals surface area contributed by atoms with Crippen LogP contribution in [0.25, 0.3) is 0 Å². The van der Waals surface area contributed by atoms with E-state index in [2.05, 4.69) is 69.6 Å². The number of benzene rings is 2. The third kappa shape index (κ3) is 4.69. The maximum absolute atomic E-state index is 5.58. The fraction of sp³-hybridized carbons (Fsp3) is 0.368. The van der Waals surface area contributed by atoms with Gasteiger partial charge >= 0.3 is 0 Å². The van der Waals surface area contributed by atoms with E-state index in [0.717, 1.165) is 0 Å². The van der Waals surface area contributed by atoms with Crippen molar-refractivity contribution in [1.29, 1.82) is 0 Å². The summed E-state index contributed by atoms with van der Waals surface area (Å²) in [5, 5.41) is 0. The van der Waals surface area contributed by atoms with Crippen molar-refractivity contribution in [3.05, 3.63) is 71.3 Å². The van der Waals surface area contributed by atoms with Crippen molar-refractivity contribution in [1.82, 2.24) is 5.48 Å². The van der Waals surface area contributed by atoms with Gasteiger partial charge < -0.3 is 0 Å². The van der Waals surface area contributed by atoms with E-state index in [1.807, 2.05) is 18.2 Å². The summed E-state index contributed by atoms with van der Waals surface area (Å²) in [6.45, 7) is 9.37. The van der Waals surface area contributed by atoms with E-state index in [9.17, 15) is 0 Å². The lowest BCUT2D eigenvalue weighted by Gasteiger charge is -2.20. The molecule has 0 spiro atoms. The van der Waals surface area contributed by atoms with Gasteiger partial charge in [0.05, 0.1) is 12.6 Å². The standard InChI is InChI=1S/C19H25NO/c1-15(20-21-14-16-8-6-5-7-9-16)17-10-12-18(13-11-17)19(2,3)4/h5-13,15,20H,14H2,1-4H3. The van der Waals surface area contributed by atoms with Crippen molar-refractivity contribution < 1.29 is 4.84 Å². The second-order valence-electron chi connectivity index (χ2n) is 6.49. The van der Waals surface area contributed by atoms with E-state index >= 15 is 0 Å². The summed E-state index contributed by atoms with van der Waals surface area (Å²) in [6.07, 6.45) is 0. The quantitative estimate of drug-likeness (QED) is 0.798. The zero-order valence-electron chi connectivity index (χ0n) is 13.4. The molecule has 2 aromatic carbocycles. The largest absolute Gasteiger partial charge is 0.296 e. The van der Waals surface area contributed by atoms with Gasteiger partial charge in [-0.15, -0.1) is 0 Å². The van der Waals surface area contributed by atoms with Crippen LogP contribution in [0, 0.1) is 0 Å². The summed E-state index contributed by atoms with van der Waals surface area (Å²) in [4.78, 5) is 5.58. The van der Waals surface area contributed by atoms with Gasteiger partial charge in [-0.2, -0.15) is 5.48 Å². The van der Waals surface area contributed by atoms with Gasteiger partial charge in [0.1, 0.15) is 0 Å². The van der Waals surface area contributed by atoms with E-state index in [4.69, 9.17) is 4.84 Å². The van der Waals surface area contributed by atoms with Gasteiger partial charge in [-0.05, 0) is 29.0 Å². The fourth-order valence-corrected chi connectivity index (χ4v) is 2.16. The maximum atomic E-state index is 5.58. The number of hydroxylamine groups is 1. The Bertz CT molecular complexity index is 540. The molecule has 0 saturated heterocycles. The molecule has 1 N–H and O–H groups in total. The van der Waals surface area contributed by atoms with Crippen LogP contribution >= 0.6 is 0 Å². The predicted octanol–water partition coefficient (Wildman–Crippen LogP) is 4.77. The summed E-state index contributed by atoms with van der Waals surface area (Å²) >= 11 is 0. The topological polar surface area (TPSA) is 21.3 Å². The van der Waals surface area contributed by atoms with Crippen LogP contribution < -0.4 is 5.48 Å². The molecule has 21 heavy (non-hydrogen) atoms. The number of hydrogen-bond acceptors (Lipinski definition) is 2. The van der Waals surface area contributed by atoms with Crippen LogP contribution in [0.5, 0.6) is 0 Å². The summed E-state index contributed by atoms with van der Waals surface area (Å²) in [5.74, 6) is 0. The molecule has 0 heterocycles. The van der Waals surface area contributed by atoms with Crippen molar-refractivity contribution >= 4 is 0 Å². The average molecular weight is 283 g/mol. The van der Waals surface area contributed by atoms with Gasteiger partial charge in [0.2, 0.25) is 0 Å². The van der Waals surface area contributed by atoms with E-state index in [-0.39, 0.29) is 11.5 Å². The highest BCUT2D eigenvalue weighted by atomic mass is 16.6. The molecule has 0 aliphatic heterocycles. The van der Waals surface area contributed by atoms with Crippen LogP contribution in [0.4, 0.5) is 0 Å². The molecule has 0 aliphatic rings.